The van der Waals surface area contributed by atoms with Gasteiger partial charge in [-0.3, -0.25) is 4.79 Å². The van der Waals surface area contributed by atoms with Gasteiger partial charge in [0.15, 0.2) is 12.4 Å². The number of halogens is 5. The van der Waals surface area contributed by atoms with Gasteiger partial charge in [0.25, 0.3) is 5.91 Å². The molecule has 0 radical (unpaired) electrons. The monoisotopic (exact) mass is 402 g/mol. The lowest BCUT2D eigenvalue weighted by Gasteiger charge is -2.10. The van der Waals surface area contributed by atoms with Crippen LogP contribution in [0.5, 0.6) is 5.75 Å². The van der Waals surface area contributed by atoms with Crippen molar-refractivity contribution in [3.05, 3.63) is 45.1 Å². The maximum atomic E-state index is 13.5. The van der Waals surface area contributed by atoms with E-state index in [-0.39, 0.29) is 5.00 Å². The molecule has 0 bridgehead atoms. The molecular formula is C17H11F5N2O2S. The number of benzene rings is 1. The first-order valence-electron chi connectivity index (χ1n) is 7.83. The zero-order valence-corrected chi connectivity index (χ0v) is 14.4. The Morgan fingerprint density at radius 2 is 1.63 bits per heavy atom. The van der Waals surface area contributed by atoms with Crippen LogP contribution in [0.25, 0.3) is 0 Å². The average Bonchev–Trinajstić information content (AvgIpc) is 3.01. The molecule has 1 aliphatic rings. The lowest BCUT2D eigenvalue weighted by molar-refractivity contribution is -0.118. The lowest BCUT2D eigenvalue weighted by atomic mass is 9.96. The highest BCUT2D eigenvalue weighted by atomic mass is 32.1. The van der Waals surface area contributed by atoms with E-state index in [9.17, 15) is 32.0 Å². The molecule has 0 spiro atoms. The number of carbonyl (C=O) groups excluding carboxylic acids is 1. The Morgan fingerprint density at radius 3 is 2.26 bits per heavy atom. The predicted molar refractivity (Wildman–Crippen MR) is 86.0 cm³/mol. The minimum atomic E-state index is -2.32. The van der Waals surface area contributed by atoms with Crippen molar-refractivity contribution in [1.82, 2.24) is 0 Å². The van der Waals surface area contributed by atoms with Crippen LogP contribution in [-0.4, -0.2) is 12.5 Å². The largest absolute Gasteiger partial charge is 0.477 e. The van der Waals surface area contributed by atoms with E-state index in [4.69, 9.17) is 0 Å². The molecule has 0 saturated carbocycles. The van der Waals surface area contributed by atoms with E-state index in [0.29, 0.717) is 12.0 Å². The van der Waals surface area contributed by atoms with Crippen molar-refractivity contribution in [2.45, 2.75) is 25.7 Å². The van der Waals surface area contributed by atoms with Gasteiger partial charge in [-0.2, -0.15) is 14.0 Å². The molecule has 3 rings (SSSR count). The molecule has 0 atom stereocenters. The number of nitriles is 1. The van der Waals surface area contributed by atoms with Crippen LogP contribution in [0.4, 0.5) is 27.0 Å². The smallest absolute Gasteiger partial charge is 0.262 e. The van der Waals surface area contributed by atoms with Crippen LogP contribution in [0.3, 0.4) is 0 Å². The first-order valence-corrected chi connectivity index (χ1v) is 8.65. The van der Waals surface area contributed by atoms with E-state index in [0.717, 1.165) is 29.7 Å². The van der Waals surface area contributed by atoms with Gasteiger partial charge >= 0.3 is 0 Å². The Labute approximate surface area is 154 Å². The molecule has 0 fully saturated rings. The van der Waals surface area contributed by atoms with Crippen LogP contribution in [0, 0.1) is 40.4 Å². The second kappa shape index (κ2) is 7.52. The van der Waals surface area contributed by atoms with Crippen molar-refractivity contribution in [3.8, 4) is 11.8 Å². The number of amides is 1. The van der Waals surface area contributed by atoms with E-state index in [1.807, 2.05) is 6.07 Å². The van der Waals surface area contributed by atoms with Crippen molar-refractivity contribution in [2.75, 3.05) is 11.9 Å². The summed E-state index contributed by atoms with van der Waals surface area (Å²) >= 11 is 1.22. The van der Waals surface area contributed by atoms with Gasteiger partial charge < -0.3 is 10.1 Å². The summed E-state index contributed by atoms with van der Waals surface area (Å²) in [5.41, 5.74) is 1.18. The molecular weight excluding hydrogens is 391 g/mol. The molecule has 0 saturated heterocycles. The van der Waals surface area contributed by atoms with E-state index < -0.39 is 47.3 Å². The third kappa shape index (κ3) is 3.47. The number of ether oxygens (including phenoxy) is 1. The lowest BCUT2D eigenvalue weighted by Crippen LogP contribution is -2.21. The zero-order chi connectivity index (χ0) is 19.7. The average molecular weight is 402 g/mol. The fraction of sp³-hybridized carbons (Fsp3) is 0.294. The Kier molecular flexibility index (Phi) is 5.32. The molecule has 1 aromatic carbocycles. The van der Waals surface area contributed by atoms with E-state index >= 15 is 0 Å². The van der Waals surface area contributed by atoms with E-state index in [1.165, 1.54) is 11.3 Å². The number of rotatable bonds is 4. The number of hydrogen-bond acceptors (Lipinski definition) is 4. The van der Waals surface area contributed by atoms with Crippen LogP contribution in [0.1, 0.15) is 28.8 Å². The molecule has 1 heterocycles. The van der Waals surface area contributed by atoms with Gasteiger partial charge in [0, 0.05) is 4.88 Å². The standard InChI is InChI=1S/C17H11F5N2O2S/c18-11-12(19)14(21)16(15(22)13(11)20)26-6-10(25)24-17-8(5-23)7-3-1-2-4-9(7)27-17/h1-4,6H2,(H,24,25). The predicted octanol–water partition coefficient (Wildman–Crippen LogP) is 4.21. The first-order chi connectivity index (χ1) is 12.8. The fourth-order valence-electron chi connectivity index (χ4n) is 2.78. The van der Waals surface area contributed by atoms with E-state index in [2.05, 4.69) is 10.1 Å². The number of fused-ring (bicyclic) bond motifs is 1. The van der Waals surface area contributed by atoms with Gasteiger partial charge in [-0.05, 0) is 31.2 Å². The SMILES string of the molecule is N#Cc1c(NC(=O)COc2c(F)c(F)c(F)c(F)c2F)sc2c1CCCC2. The summed E-state index contributed by atoms with van der Waals surface area (Å²) in [5.74, 6) is -13.4. The summed E-state index contributed by atoms with van der Waals surface area (Å²) in [6.45, 7) is -0.994. The molecule has 4 nitrogen and oxygen atoms in total. The van der Waals surface area contributed by atoms with Crippen molar-refractivity contribution >= 4 is 22.2 Å². The Morgan fingerprint density at radius 1 is 1.04 bits per heavy atom. The van der Waals surface area contributed by atoms with Crippen molar-refractivity contribution in [2.24, 2.45) is 0 Å². The summed E-state index contributed by atoms with van der Waals surface area (Å²) < 4.78 is 70.8. The molecule has 2 aromatic rings. The Bertz CT molecular complexity index is 938. The van der Waals surface area contributed by atoms with Gasteiger partial charge in [0.05, 0.1) is 5.56 Å². The maximum absolute atomic E-state index is 13.5. The number of thiophene rings is 1. The molecule has 0 unspecified atom stereocenters. The number of hydrogen-bond donors (Lipinski definition) is 1. The molecule has 1 N–H and O–H groups in total. The number of nitrogens with zero attached hydrogens (tertiary/aromatic N) is 1. The quantitative estimate of drug-likeness (QED) is 0.473. The number of aryl methyl sites for hydroxylation is 1. The number of carbonyl (C=O) groups is 1. The fourth-order valence-corrected chi connectivity index (χ4v) is 4.04. The van der Waals surface area contributed by atoms with Gasteiger partial charge in [0.2, 0.25) is 29.1 Å². The summed E-state index contributed by atoms with van der Waals surface area (Å²) in [6, 6.07) is 2.02. The summed E-state index contributed by atoms with van der Waals surface area (Å²) in [6.07, 6.45) is 3.39. The normalized spacial score (nSPS) is 13.0. The van der Waals surface area contributed by atoms with Crippen molar-refractivity contribution in [3.63, 3.8) is 0 Å². The molecule has 1 amide bonds. The molecule has 1 aliphatic carbocycles. The first kappa shape index (κ1) is 19.1. The highest BCUT2D eigenvalue weighted by Crippen LogP contribution is 2.37. The topological polar surface area (TPSA) is 62.1 Å². The third-order valence-electron chi connectivity index (χ3n) is 4.05. The second-order valence-corrected chi connectivity index (χ2v) is 6.87. The maximum Gasteiger partial charge on any atom is 0.262 e. The number of nitrogens with one attached hydrogen (secondary N) is 1. The Balaban J connectivity index is 1.75. The third-order valence-corrected chi connectivity index (χ3v) is 5.26. The van der Waals surface area contributed by atoms with Gasteiger partial charge in [-0.1, -0.05) is 0 Å². The zero-order valence-electron chi connectivity index (χ0n) is 13.6. The summed E-state index contributed by atoms with van der Waals surface area (Å²) in [5, 5.41) is 12.0. The highest BCUT2D eigenvalue weighted by molar-refractivity contribution is 7.16. The van der Waals surface area contributed by atoms with E-state index in [1.54, 1.807) is 0 Å². The molecule has 27 heavy (non-hydrogen) atoms. The van der Waals surface area contributed by atoms with Gasteiger partial charge in [-0.25, -0.2) is 13.2 Å². The van der Waals surface area contributed by atoms with Crippen molar-refractivity contribution in [1.29, 1.82) is 5.26 Å². The minimum Gasteiger partial charge on any atom is -0.477 e. The molecule has 0 aliphatic heterocycles. The van der Waals surface area contributed by atoms with Crippen LogP contribution < -0.4 is 10.1 Å². The highest BCUT2D eigenvalue weighted by Gasteiger charge is 2.28. The molecule has 142 valence electrons. The molecule has 10 heteroatoms. The summed E-state index contributed by atoms with van der Waals surface area (Å²) in [4.78, 5) is 13.0. The van der Waals surface area contributed by atoms with Crippen molar-refractivity contribution < 1.29 is 31.5 Å². The second-order valence-electron chi connectivity index (χ2n) is 5.76. The van der Waals surface area contributed by atoms with Crippen LogP contribution in [0.2, 0.25) is 0 Å². The summed E-state index contributed by atoms with van der Waals surface area (Å²) in [7, 11) is 0. The van der Waals surface area contributed by atoms with Crippen LogP contribution in [0.15, 0.2) is 0 Å². The van der Waals surface area contributed by atoms with Gasteiger partial charge in [-0.15, -0.1) is 11.3 Å². The minimum absolute atomic E-state index is 0.274. The van der Waals surface area contributed by atoms with Crippen LogP contribution in [-0.2, 0) is 17.6 Å². The molecule has 1 aromatic heterocycles. The van der Waals surface area contributed by atoms with Crippen LogP contribution >= 0.6 is 11.3 Å². The van der Waals surface area contributed by atoms with Gasteiger partial charge in [0.1, 0.15) is 11.1 Å². The Hall–Kier alpha value is -2.67. The number of anilines is 1.